The Balaban J connectivity index is 2.73. The van der Waals surface area contributed by atoms with Crippen molar-refractivity contribution in [2.75, 3.05) is 20.6 Å². The second-order valence-electron chi connectivity index (χ2n) is 3.93. The normalized spacial score (nSPS) is 13.2. The lowest BCUT2D eigenvalue weighted by Crippen LogP contribution is -2.20. The van der Waals surface area contributed by atoms with E-state index in [0.717, 1.165) is 18.8 Å². The molecule has 0 saturated heterocycles. The highest BCUT2D eigenvalue weighted by atomic mass is 15.1. The summed E-state index contributed by atoms with van der Waals surface area (Å²) in [5.41, 5.74) is 1.24. The number of rotatable bonds is 4. The molecule has 0 aromatic carbocycles. The van der Waals surface area contributed by atoms with Gasteiger partial charge in [0, 0.05) is 18.9 Å². The molecule has 0 bridgehead atoms. The molecular weight excluding hydrogens is 174 g/mol. The number of aryl methyl sites for hydroxylation is 1. The lowest BCUT2D eigenvalue weighted by molar-refractivity contribution is 0.367. The van der Waals surface area contributed by atoms with Gasteiger partial charge in [-0.1, -0.05) is 6.92 Å². The van der Waals surface area contributed by atoms with Crippen LogP contribution in [0, 0.1) is 6.92 Å². The molecule has 0 unspecified atom stereocenters. The van der Waals surface area contributed by atoms with Crippen LogP contribution in [0.5, 0.6) is 0 Å². The molecule has 1 rings (SSSR count). The first kappa shape index (κ1) is 11.1. The highest BCUT2D eigenvalue weighted by Gasteiger charge is 2.10. The topological polar surface area (TPSA) is 29.0 Å². The van der Waals surface area contributed by atoms with Crippen LogP contribution in [-0.2, 0) is 0 Å². The third-order valence-corrected chi connectivity index (χ3v) is 2.35. The van der Waals surface area contributed by atoms with Crippen molar-refractivity contribution in [2.24, 2.45) is 0 Å². The fourth-order valence-electron chi connectivity index (χ4n) is 1.52. The van der Waals surface area contributed by atoms with E-state index in [9.17, 15) is 0 Å². The molecule has 0 spiro atoms. The number of hydrogen-bond donors (Lipinski definition) is 0. The number of hydrogen-bond acceptors (Lipinski definition) is 3. The summed E-state index contributed by atoms with van der Waals surface area (Å²) in [6.07, 6.45) is 5.02. The van der Waals surface area contributed by atoms with Crippen LogP contribution in [0.15, 0.2) is 12.4 Å². The maximum atomic E-state index is 4.23. The standard InChI is InChI=1S/C11H19N3/c1-5-10(8-14(3)4)11-6-12-9(2)13-7-11/h6-7,10H,5,8H2,1-4H3/t10-/m1/s1. The molecule has 14 heavy (non-hydrogen) atoms. The Morgan fingerprint density at radius 1 is 1.29 bits per heavy atom. The lowest BCUT2D eigenvalue weighted by Gasteiger charge is -2.19. The molecule has 3 nitrogen and oxygen atoms in total. The first-order chi connectivity index (χ1) is 6.63. The quantitative estimate of drug-likeness (QED) is 0.730. The van der Waals surface area contributed by atoms with Gasteiger partial charge in [0.25, 0.3) is 0 Å². The van der Waals surface area contributed by atoms with Gasteiger partial charge in [-0.25, -0.2) is 9.97 Å². The Hall–Kier alpha value is -0.960. The van der Waals surface area contributed by atoms with Gasteiger partial charge >= 0.3 is 0 Å². The van der Waals surface area contributed by atoms with Crippen molar-refractivity contribution in [1.82, 2.24) is 14.9 Å². The van der Waals surface area contributed by atoms with Crippen LogP contribution in [0.3, 0.4) is 0 Å². The molecule has 0 amide bonds. The molecule has 0 radical (unpaired) electrons. The monoisotopic (exact) mass is 193 g/mol. The zero-order valence-corrected chi connectivity index (χ0v) is 9.49. The summed E-state index contributed by atoms with van der Waals surface area (Å²) < 4.78 is 0. The molecule has 0 aliphatic heterocycles. The van der Waals surface area contributed by atoms with Crippen LogP contribution in [0.25, 0.3) is 0 Å². The predicted molar refractivity (Wildman–Crippen MR) is 58.4 cm³/mol. The van der Waals surface area contributed by atoms with Crippen molar-refractivity contribution >= 4 is 0 Å². The van der Waals surface area contributed by atoms with Gasteiger partial charge in [-0.3, -0.25) is 0 Å². The van der Waals surface area contributed by atoms with Gasteiger partial charge in [0.15, 0.2) is 0 Å². The fourth-order valence-corrected chi connectivity index (χ4v) is 1.52. The minimum absolute atomic E-state index is 0.547. The maximum Gasteiger partial charge on any atom is 0.125 e. The Labute approximate surface area is 86.2 Å². The predicted octanol–water partition coefficient (Wildman–Crippen LogP) is 1.84. The van der Waals surface area contributed by atoms with E-state index < -0.39 is 0 Å². The Morgan fingerprint density at radius 3 is 2.29 bits per heavy atom. The van der Waals surface area contributed by atoms with Crippen molar-refractivity contribution in [2.45, 2.75) is 26.2 Å². The van der Waals surface area contributed by atoms with Crippen molar-refractivity contribution in [3.63, 3.8) is 0 Å². The molecule has 0 aliphatic carbocycles. The van der Waals surface area contributed by atoms with E-state index in [1.165, 1.54) is 5.56 Å². The first-order valence-electron chi connectivity index (χ1n) is 5.06. The van der Waals surface area contributed by atoms with Gasteiger partial charge in [-0.2, -0.15) is 0 Å². The molecule has 0 N–H and O–H groups in total. The van der Waals surface area contributed by atoms with Crippen molar-refractivity contribution < 1.29 is 0 Å². The Kier molecular flexibility index (Phi) is 4.01. The molecule has 1 aromatic heterocycles. The van der Waals surface area contributed by atoms with E-state index in [1.54, 1.807) is 0 Å². The molecular formula is C11H19N3. The highest BCUT2D eigenvalue weighted by molar-refractivity contribution is 5.11. The summed E-state index contributed by atoms with van der Waals surface area (Å²) in [4.78, 5) is 10.7. The van der Waals surface area contributed by atoms with Gasteiger partial charge in [0.2, 0.25) is 0 Å². The zero-order chi connectivity index (χ0) is 10.6. The summed E-state index contributed by atoms with van der Waals surface area (Å²) in [6, 6.07) is 0. The Morgan fingerprint density at radius 2 is 1.86 bits per heavy atom. The van der Waals surface area contributed by atoms with Gasteiger partial charge < -0.3 is 4.90 Å². The molecule has 0 aliphatic rings. The van der Waals surface area contributed by atoms with Crippen LogP contribution in [-0.4, -0.2) is 35.5 Å². The molecule has 0 fully saturated rings. The summed E-state index contributed by atoms with van der Waals surface area (Å²) in [6.45, 7) is 5.17. The minimum Gasteiger partial charge on any atom is -0.309 e. The minimum atomic E-state index is 0.547. The average molecular weight is 193 g/mol. The van der Waals surface area contributed by atoms with E-state index in [0.29, 0.717) is 5.92 Å². The summed E-state index contributed by atoms with van der Waals surface area (Å²) in [5, 5.41) is 0. The molecule has 0 saturated carbocycles. The van der Waals surface area contributed by atoms with Crippen LogP contribution in [0.2, 0.25) is 0 Å². The maximum absolute atomic E-state index is 4.23. The number of nitrogens with zero attached hydrogens (tertiary/aromatic N) is 3. The summed E-state index contributed by atoms with van der Waals surface area (Å²) in [5.74, 6) is 1.39. The van der Waals surface area contributed by atoms with Crippen LogP contribution < -0.4 is 0 Å². The highest BCUT2D eigenvalue weighted by Crippen LogP contribution is 2.18. The molecule has 1 heterocycles. The summed E-state index contributed by atoms with van der Waals surface area (Å²) >= 11 is 0. The SMILES string of the molecule is CC[C@H](CN(C)C)c1cnc(C)nc1. The third kappa shape index (κ3) is 3.07. The van der Waals surface area contributed by atoms with Crippen molar-refractivity contribution in [3.05, 3.63) is 23.8 Å². The molecule has 1 aromatic rings. The molecule has 3 heteroatoms. The summed E-state index contributed by atoms with van der Waals surface area (Å²) in [7, 11) is 4.19. The van der Waals surface area contributed by atoms with E-state index in [2.05, 4.69) is 35.9 Å². The lowest BCUT2D eigenvalue weighted by atomic mass is 9.99. The van der Waals surface area contributed by atoms with Gasteiger partial charge in [-0.15, -0.1) is 0 Å². The van der Waals surface area contributed by atoms with Crippen LogP contribution in [0.4, 0.5) is 0 Å². The van der Waals surface area contributed by atoms with E-state index in [-0.39, 0.29) is 0 Å². The largest absolute Gasteiger partial charge is 0.309 e. The number of aromatic nitrogens is 2. The third-order valence-electron chi connectivity index (χ3n) is 2.35. The van der Waals surface area contributed by atoms with Crippen molar-refractivity contribution in [1.29, 1.82) is 0 Å². The van der Waals surface area contributed by atoms with Gasteiger partial charge in [0.1, 0.15) is 5.82 Å². The van der Waals surface area contributed by atoms with E-state index >= 15 is 0 Å². The smallest absolute Gasteiger partial charge is 0.125 e. The Bertz CT molecular complexity index is 266. The zero-order valence-electron chi connectivity index (χ0n) is 9.49. The van der Waals surface area contributed by atoms with Gasteiger partial charge in [-0.05, 0) is 38.9 Å². The van der Waals surface area contributed by atoms with Crippen molar-refractivity contribution in [3.8, 4) is 0 Å². The van der Waals surface area contributed by atoms with Gasteiger partial charge in [0.05, 0.1) is 0 Å². The van der Waals surface area contributed by atoms with E-state index in [4.69, 9.17) is 0 Å². The van der Waals surface area contributed by atoms with Crippen LogP contribution in [0.1, 0.15) is 30.7 Å². The average Bonchev–Trinajstić information content (AvgIpc) is 2.15. The molecule has 1 atom stereocenters. The first-order valence-corrected chi connectivity index (χ1v) is 5.06. The fraction of sp³-hybridized carbons (Fsp3) is 0.636. The second-order valence-corrected chi connectivity index (χ2v) is 3.93. The molecule has 78 valence electrons. The van der Waals surface area contributed by atoms with E-state index in [1.807, 2.05) is 19.3 Å². The second kappa shape index (κ2) is 5.05. The van der Waals surface area contributed by atoms with Crippen LogP contribution >= 0.6 is 0 Å². The number of likely N-dealkylation sites (N-methyl/N-ethyl adjacent to an activating group) is 1.